The molecule has 0 heterocycles. The Labute approximate surface area is 102 Å². The molecule has 0 aliphatic rings. The summed E-state index contributed by atoms with van der Waals surface area (Å²) >= 11 is 0. The summed E-state index contributed by atoms with van der Waals surface area (Å²) in [6, 6.07) is 0. The summed E-state index contributed by atoms with van der Waals surface area (Å²) in [5, 5.41) is 3.14. The van der Waals surface area contributed by atoms with Gasteiger partial charge in [0, 0.05) is 13.1 Å². The first kappa shape index (κ1) is 16.4. The molecule has 0 aromatic heterocycles. The van der Waals surface area contributed by atoms with E-state index in [1.807, 2.05) is 13.8 Å². The second-order valence-corrected chi connectivity index (χ2v) is 4.25. The van der Waals surface area contributed by atoms with E-state index in [0.29, 0.717) is 26.1 Å². The Balaban J connectivity index is 4.01. The molecule has 5 heteroatoms. The Kier molecular flexibility index (Phi) is 8.25. The van der Waals surface area contributed by atoms with Gasteiger partial charge in [-0.2, -0.15) is 13.2 Å². The molecule has 102 valence electrons. The SMILES string of the molecule is C=C(CNCCC)CN(CCC)CC(F)(F)F. The molecule has 2 nitrogen and oxygen atoms in total. The zero-order chi connectivity index (χ0) is 13.3. The number of halogens is 3. The van der Waals surface area contributed by atoms with Crippen LogP contribution in [-0.2, 0) is 0 Å². The summed E-state index contributed by atoms with van der Waals surface area (Å²) < 4.78 is 36.9. The molecule has 0 saturated heterocycles. The van der Waals surface area contributed by atoms with Gasteiger partial charge in [-0.25, -0.2) is 0 Å². The zero-order valence-corrected chi connectivity index (χ0v) is 10.7. The molecule has 0 bridgehead atoms. The quantitative estimate of drug-likeness (QED) is 0.501. The molecule has 0 radical (unpaired) electrons. The van der Waals surface area contributed by atoms with Crippen LogP contribution in [0, 0.1) is 0 Å². The Morgan fingerprint density at radius 1 is 1.24 bits per heavy atom. The largest absolute Gasteiger partial charge is 0.401 e. The Morgan fingerprint density at radius 2 is 1.88 bits per heavy atom. The number of hydrogen-bond acceptors (Lipinski definition) is 2. The maximum absolute atomic E-state index is 12.3. The van der Waals surface area contributed by atoms with Crippen molar-refractivity contribution in [3.05, 3.63) is 12.2 Å². The minimum absolute atomic E-state index is 0.310. The zero-order valence-electron chi connectivity index (χ0n) is 10.7. The van der Waals surface area contributed by atoms with E-state index >= 15 is 0 Å². The molecule has 0 amide bonds. The lowest BCUT2D eigenvalue weighted by Crippen LogP contribution is -2.37. The lowest BCUT2D eigenvalue weighted by Gasteiger charge is -2.24. The number of rotatable bonds is 9. The lowest BCUT2D eigenvalue weighted by atomic mass is 10.2. The van der Waals surface area contributed by atoms with Gasteiger partial charge < -0.3 is 5.32 Å². The average Bonchev–Trinajstić information content (AvgIpc) is 2.15. The van der Waals surface area contributed by atoms with Crippen molar-refractivity contribution in [3.63, 3.8) is 0 Å². The van der Waals surface area contributed by atoms with Gasteiger partial charge in [-0.15, -0.1) is 0 Å². The summed E-state index contributed by atoms with van der Waals surface area (Å²) in [5.41, 5.74) is 0.802. The third-order valence-corrected chi connectivity index (χ3v) is 2.19. The average molecular weight is 252 g/mol. The molecule has 0 aliphatic heterocycles. The summed E-state index contributed by atoms with van der Waals surface area (Å²) in [6.07, 6.45) is -2.41. The molecule has 0 atom stereocenters. The second-order valence-electron chi connectivity index (χ2n) is 4.25. The van der Waals surface area contributed by atoms with Gasteiger partial charge in [-0.3, -0.25) is 4.90 Å². The van der Waals surface area contributed by atoms with E-state index in [0.717, 1.165) is 18.5 Å². The van der Waals surface area contributed by atoms with Crippen molar-refractivity contribution in [1.82, 2.24) is 10.2 Å². The van der Waals surface area contributed by atoms with Crippen molar-refractivity contribution < 1.29 is 13.2 Å². The van der Waals surface area contributed by atoms with Crippen molar-refractivity contribution >= 4 is 0 Å². The van der Waals surface area contributed by atoms with Crippen LogP contribution in [0.25, 0.3) is 0 Å². The number of nitrogens with one attached hydrogen (secondary N) is 1. The van der Waals surface area contributed by atoms with Crippen LogP contribution in [0.4, 0.5) is 13.2 Å². The monoisotopic (exact) mass is 252 g/mol. The van der Waals surface area contributed by atoms with Crippen LogP contribution in [0.1, 0.15) is 26.7 Å². The first-order valence-electron chi connectivity index (χ1n) is 6.05. The smallest absolute Gasteiger partial charge is 0.313 e. The standard InChI is InChI=1S/C12H23F3N2/c1-4-6-16-8-11(3)9-17(7-5-2)10-12(13,14)15/h16H,3-10H2,1-2H3. The summed E-state index contributed by atoms with van der Waals surface area (Å²) in [5.74, 6) is 0. The molecule has 17 heavy (non-hydrogen) atoms. The predicted octanol–water partition coefficient (Wildman–Crippen LogP) is 2.82. The van der Waals surface area contributed by atoms with Gasteiger partial charge in [0.05, 0.1) is 6.54 Å². The third-order valence-electron chi connectivity index (χ3n) is 2.19. The fourth-order valence-corrected chi connectivity index (χ4v) is 1.60. The fourth-order valence-electron chi connectivity index (χ4n) is 1.60. The first-order valence-corrected chi connectivity index (χ1v) is 6.05. The number of nitrogens with zero attached hydrogens (tertiary/aromatic N) is 1. The van der Waals surface area contributed by atoms with E-state index in [1.165, 1.54) is 4.90 Å². The van der Waals surface area contributed by atoms with E-state index in [2.05, 4.69) is 11.9 Å². The second kappa shape index (κ2) is 8.53. The van der Waals surface area contributed by atoms with Crippen molar-refractivity contribution in [2.75, 3.05) is 32.7 Å². The van der Waals surface area contributed by atoms with Crippen LogP contribution in [0.2, 0.25) is 0 Å². The van der Waals surface area contributed by atoms with Gasteiger partial charge in [0.25, 0.3) is 0 Å². The van der Waals surface area contributed by atoms with Crippen molar-refractivity contribution in [3.8, 4) is 0 Å². The Hall–Kier alpha value is -0.550. The summed E-state index contributed by atoms with van der Waals surface area (Å²) in [7, 11) is 0. The highest BCUT2D eigenvalue weighted by Gasteiger charge is 2.30. The fraction of sp³-hybridized carbons (Fsp3) is 0.833. The normalized spacial score (nSPS) is 12.1. The van der Waals surface area contributed by atoms with Crippen LogP contribution >= 0.6 is 0 Å². The van der Waals surface area contributed by atoms with E-state index in [4.69, 9.17) is 0 Å². The van der Waals surface area contributed by atoms with Crippen molar-refractivity contribution in [2.45, 2.75) is 32.9 Å². The molecule has 0 aromatic rings. The topological polar surface area (TPSA) is 15.3 Å². The summed E-state index contributed by atoms with van der Waals surface area (Å²) in [6.45, 7) is 9.09. The third kappa shape index (κ3) is 10.3. The highest BCUT2D eigenvalue weighted by atomic mass is 19.4. The molecule has 0 fully saturated rings. The van der Waals surface area contributed by atoms with Crippen LogP contribution in [0.15, 0.2) is 12.2 Å². The number of hydrogen-bond donors (Lipinski definition) is 1. The molecular formula is C12H23F3N2. The van der Waals surface area contributed by atoms with Crippen LogP contribution in [0.3, 0.4) is 0 Å². The minimum Gasteiger partial charge on any atom is -0.313 e. The highest BCUT2D eigenvalue weighted by molar-refractivity contribution is 5.00. The molecule has 0 saturated carbocycles. The van der Waals surface area contributed by atoms with Crippen LogP contribution < -0.4 is 5.32 Å². The van der Waals surface area contributed by atoms with E-state index in [9.17, 15) is 13.2 Å². The van der Waals surface area contributed by atoms with Crippen LogP contribution in [0.5, 0.6) is 0 Å². The maximum atomic E-state index is 12.3. The Morgan fingerprint density at radius 3 is 2.35 bits per heavy atom. The van der Waals surface area contributed by atoms with Gasteiger partial charge in [-0.05, 0) is 31.5 Å². The minimum atomic E-state index is -4.13. The van der Waals surface area contributed by atoms with Gasteiger partial charge in [0.1, 0.15) is 0 Å². The Bertz CT molecular complexity index is 214. The first-order chi connectivity index (χ1) is 7.89. The predicted molar refractivity (Wildman–Crippen MR) is 65.1 cm³/mol. The lowest BCUT2D eigenvalue weighted by molar-refractivity contribution is -0.145. The highest BCUT2D eigenvalue weighted by Crippen LogP contribution is 2.17. The van der Waals surface area contributed by atoms with E-state index in [-0.39, 0.29) is 0 Å². The van der Waals surface area contributed by atoms with Crippen LogP contribution in [-0.4, -0.2) is 43.8 Å². The van der Waals surface area contributed by atoms with Gasteiger partial charge in [0.2, 0.25) is 0 Å². The molecule has 1 N–H and O–H groups in total. The van der Waals surface area contributed by atoms with Crippen molar-refractivity contribution in [2.24, 2.45) is 0 Å². The molecule has 0 rings (SSSR count). The van der Waals surface area contributed by atoms with E-state index < -0.39 is 12.7 Å². The van der Waals surface area contributed by atoms with Crippen molar-refractivity contribution in [1.29, 1.82) is 0 Å². The molecule has 0 spiro atoms. The van der Waals surface area contributed by atoms with Gasteiger partial charge in [0.15, 0.2) is 0 Å². The van der Waals surface area contributed by atoms with Gasteiger partial charge >= 0.3 is 6.18 Å². The summed E-state index contributed by atoms with van der Waals surface area (Å²) in [4.78, 5) is 1.40. The maximum Gasteiger partial charge on any atom is 0.401 e. The molecule has 0 aromatic carbocycles. The molecule has 0 unspecified atom stereocenters. The van der Waals surface area contributed by atoms with E-state index in [1.54, 1.807) is 0 Å². The molecular weight excluding hydrogens is 229 g/mol. The molecule has 0 aliphatic carbocycles. The number of alkyl halides is 3. The van der Waals surface area contributed by atoms with Gasteiger partial charge in [-0.1, -0.05) is 20.4 Å².